The van der Waals surface area contributed by atoms with Crippen molar-refractivity contribution in [1.29, 1.82) is 0 Å². The molecule has 1 amide bonds. The number of halogens is 3. The molecular formula is C18H18BrF2NO3. The van der Waals surface area contributed by atoms with Crippen molar-refractivity contribution in [3.05, 3.63) is 58.1 Å². The first-order valence-corrected chi connectivity index (χ1v) is 8.36. The highest BCUT2D eigenvalue weighted by molar-refractivity contribution is 9.10. The summed E-state index contributed by atoms with van der Waals surface area (Å²) in [6.07, 6.45) is -0.813. The lowest BCUT2D eigenvalue weighted by atomic mass is 10.1. The molecule has 2 aromatic rings. The van der Waals surface area contributed by atoms with Crippen LogP contribution in [0, 0.1) is 11.6 Å². The highest BCUT2D eigenvalue weighted by Gasteiger charge is 2.19. The van der Waals surface area contributed by atoms with Gasteiger partial charge in [0, 0.05) is 0 Å². The smallest absolute Gasteiger partial charge is 0.261 e. The fourth-order valence-corrected chi connectivity index (χ4v) is 2.63. The monoisotopic (exact) mass is 413 g/mol. The summed E-state index contributed by atoms with van der Waals surface area (Å²) in [5.41, 5.74) is 0.599. The van der Waals surface area contributed by atoms with Crippen LogP contribution in [0.3, 0.4) is 0 Å². The van der Waals surface area contributed by atoms with E-state index in [0.29, 0.717) is 15.8 Å². The Morgan fingerprint density at radius 1 is 1.12 bits per heavy atom. The van der Waals surface area contributed by atoms with Crippen molar-refractivity contribution in [3.63, 3.8) is 0 Å². The largest absolute Gasteiger partial charge is 0.494 e. The van der Waals surface area contributed by atoms with Crippen LogP contribution in [0.4, 0.5) is 8.78 Å². The first-order valence-electron chi connectivity index (χ1n) is 7.57. The van der Waals surface area contributed by atoms with Gasteiger partial charge in [0.2, 0.25) is 0 Å². The SMILES string of the molecule is COc1ccc([C@@H](C)NC(=O)[C@@H](C)Oc2ccc(F)cc2Br)cc1F. The van der Waals surface area contributed by atoms with Gasteiger partial charge in [-0.2, -0.15) is 0 Å². The van der Waals surface area contributed by atoms with E-state index in [4.69, 9.17) is 9.47 Å². The summed E-state index contributed by atoms with van der Waals surface area (Å²) < 4.78 is 37.7. The summed E-state index contributed by atoms with van der Waals surface area (Å²) in [6.45, 7) is 3.31. The maximum absolute atomic E-state index is 13.8. The Morgan fingerprint density at radius 2 is 1.80 bits per heavy atom. The van der Waals surface area contributed by atoms with Crippen LogP contribution in [0.25, 0.3) is 0 Å². The van der Waals surface area contributed by atoms with E-state index in [2.05, 4.69) is 21.2 Å². The molecule has 25 heavy (non-hydrogen) atoms. The molecule has 0 saturated carbocycles. The molecule has 134 valence electrons. The summed E-state index contributed by atoms with van der Waals surface area (Å²) in [4.78, 5) is 12.3. The average molecular weight is 414 g/mol. The maximum atomic E-state index is 13.8. The molecule has 4 nitrogen and oxygen atoms in total. The third-order valence-electron chi connectivity index (χ3n) is 3.60. The summed E-state index contributed by atoms with van der Waals surface area (Å²) in [5.74, 6) is -0.792. The zero-order valence-electron chi connectivity index (χ0n) is 14.0. The molecule has 0 aliphatic carbocycles. The molecule has 0 unspecified atom stereocenters. The number of methoxy groups -OCH3 is 1. The van der Waals surface area contributed by atoms with Crippen LogP contribution < -0.4 is 14.8 Å². The van der Waals surface area contributed by atoms with E-state index in [1.807, 2.05) is 0 Å². The van der Waals surface area contributed by atoms with E-state index >= 15 is 0 Å². The standard InChI is InChI=1S/C18H18BrF2NO3/c1-10(12-4-6-17(24-3)15(21)8-12)22-18(23)11(2)25-16-7-5-13(20)9-14(16)19/h4-11H,1-3H3,(H,22,23)/t10-,11-/m1/s1. The van der Waals surface area contributed by atoms with Gasteiger partial charge in [0.1, 0.15) is 11.6 Å². The van der Waals surface area contributed by atoms with Gasteiger partial charge in [0.05, 0.1) is 17.6 Å². The molecular weight excluding hydrogens is 396 g/mol. The molecule has 0 heterocycles. The summed E-state index contributed by atoms with van der Waals surface area (Å²) in [6, 6.07) is 8.00. The lowest BCUT2D eigenvalue weighted by Crippen LogP contribution is -2.37. The third-order valence-corrected chi connectivity index (χ3v) is 4.22. The zero-order chi connectivity index (χ0) is 18.6. The Labute approximate surface area is 153 Å². The van der Waals surface area contributed by atoms with Crippen molar-refractivity contribution in [2.75, 3.05) is 7.11 Å². The van der Waals surface area contributed by atoms with Crippen LogP contribution in [0.5, 0.6) is 11.5 Å². The molecule has 0 fully saturated rings. The molecule has 0 saturated heterocycles. The third kappa shape index (κ3) is 4.92. The molecule has 7 heteroatoms. The second-order valence-corrected chi connectivity index (χ2v) is 6.31. The number of carbonyl (C=O) groups is 1. The van der Waals surface area contributed by atoms with Crippen molar-refractivity contribution in [1.82, 2.24) is 5.32 Å². The van der Waals surface area contributed by atoms with Crippen LogP contribution in [0.2, 0.25) is 0 Å². The van der Waals surface area contributed by atoms with Crippen LogP contribution in [0.1, 0.15) is 25.5 Å². The highest BCUT2D eigenvalue weighted by Crippen LogP contribution is 2.27. The Morgan fingerprint density at radius 3 is 2.40 bits per heavy atom. The van der Waals surface area contributed by atoms with E-state index in [1.165, 1.54) is 37.4 Å². The molecule has 1 N–H and O–H groups in total. The molecule has 2 atom stereocenters. The fraction of sp³-hybridized carbons (Fsp3) is 0.278. The van der Waals surface area contributed by atoms with Crippen LogP contribution in [0.15, 0.2) is 40.9 Å². The maximum Gasteiger partial charge on any atom is 0.261 e. The average Bonchev–Trinajstić information content (AvgIpc) is 2.57. The normalized spacial score (nSPS) is 13.0. The number of benzene rings is 2. The number of hydrogen-bond acceptors (Lipinski definition) is 3. The Bertz CT molecular complexity index is 770. The summed E-state index contributed by atoms with van der Waals surface area (Å²) in [7, 11) is 1.38. The van der Waals surface area contributed by atoms with Crippen molar-refractivity contribution in [3.8, 4) is 11.5 Å². The first kappa shape index (κ1) is 19.2. The van der Waals surface area contributed by atoms with Crippen molar-refractivity contribution in [2.24, 2.45) is 0 Å². The Kier molecular flexibility index (Phi) is 6.36. The molecule has 2 rings (SSSR count). The minimum atomic E-state index is -0.813. The first-order chi connectivity index (χ1) is 11.8. The van der Waals surface area contributed by atoms with Gasteiger partial charge in [-0.1, -0.05) is 6.07 Å². The van der Waals surface area contributed by atoms with Crippen LogP contribution in [-0.2, 0) is 4.79 Å². The van der Waals surface area contributed by atoms with Gasteiger partial charge in [0.25, 0.3) is 5.91 Å². The van der Waals surface area contributed by atoms with Gasteiger partial charge in [-0.3, -0.25) is 4.79 Å². The summed E-state index contributed by atoms with van der Waals surface area (Å²) in [5, 5.41) is 2.75. The van der Waals surface area contributed by atoms with Crippen LogP contribution in [-0.4, -0.2) is 19.1 Å². The van der Waals surface area contributed by atoms with E-state index in [0.717, 1.165) is 0 Å². The Hall–Kier alpha value is -2.15. The number of hydrogen-bond donors (Lipinski definition) is 1. The number of rotatable bonds is 6. The second kappa shape index (κ2) is 8.29. The quantitative estimate of drug-likeness (QED) is 0.764. The summed E-state index contributed by atoms with van der Waals surface area (Å²) >= 11 is 3.18. The van der Waals surface area contributed by atoms with Gasteiger partial charge >= 0.3 is 0 Å². The van der Waals surface area contributed by atoms with Gasteiger partial charge in [-0.05, 0) is 65.7 Å². The van der Waals surface area contributed by atoms with Crippen molar-refractivity contribution in [2.45, 2.75) is 26.0 Å². The number of carbonyl (C=O) groups excluding carboxylic acids is 1. The van der Waals surface area contributed by atoms with E-state index in [1.54, 1.807) is 19.9 Å². The topological polar surface area (TPSA) is 47.6 Å². The molecule has 0 bridgehead atoms. The number of nitrogens with one attached hydrogen (secondary N) is 1. The highest BCUT2D eigenvalue weighted by atomic mass is 79.9. The molecule has 0 aliphatic heterocycles. The molecule has 0 radical (unpaired) electrons. The van der Waals surface area contributed by atoms with Gasteiger partial charge < -0.3 is 14.8 Å². The fourth-order valence-electron chi connectivity index (χ4n) is 2.18. The zero-order valence-corrected chi connectivity index (χ0v) is 15.6. The van der Waals surface area contributed by atoms with E-state index < -0.39 is 23.8 Å². The number of ether oxygens (including phenoxy) is 2. The molecule has 0 aliphatic rings. The van der Waals surface area contributed by atoms with Gasteiger partial charge in [-0.25, -0.2) is 8.78 Å². The minimum Gasteiger partial charge on any atom is -0.494 e. The predicted octanol–water partition coefficient (Wildman–Crippen LogP) is 4.38. The van der Waals surface area contributed by atoms with Gasteiger partial charge in [-0.15, -0.1) is 0 Å². The Balaban J connectivity index is 2.01. The van der Waals surface area contributed by atoms with Crippen molar-refractivity contribution < 1.29 is 23.0 Å². The van der Waals surface area contributed by atoms with E-state index in [-0.39, 0.29) is 11.7 Å². The van der Waals surface area contributed by atoms with Crippen molar-refractivity contribution >= 4 is 21.8 Å². The lowest BCUT2D eigenvalue weighted by Gasteiger charge is -2.20. The molecule has 2 aromatic carbocycles. The van der Waals surface area contributed by atoms with E-state index in [9.17, 15) is 13.6 Å². The van der Waals surface area contributed by atoms with Crippen LogP contribution >= 0.6 is 15.9 Å². The number of amides is 1. The lowest BCUT2D eigenvalue weighted by molar-refractivity contribution is -0.127. The second-order valence-electron chi connectivity index (χ2n) is 5.46. The van der Waals surface area contributed by atoms with Gasteiger partial charge in [0.15, 0.2) is 17.7 Å². The molecule has 0 aromatic heterocycles. The molecule has 0 spiro atoms. The predicted molar refractivity (Wildman–Crippen MR) is 93.7 cm³/mol. The minimum absolute atomic E-state index is 0.139.